The first-order valence-electron chi connectivity index (χ1n) is 7.15. The van der Waals surface area contributed by atoms with Crippen molar-refractivity contribution in [2.24, 2.45) is 5.92 Å². The van der Waals surface area contributed by atoms with Crippen LogP contribution >= 0.6 is 0 Å². The summed E-state index contributed by atoms with van der Waals surface area (Å²) in [5.74, 6) is 2.01. The van der Waals surface area contributed by atoms with Crippen LogP contribution in [0.2, 0.25) is 0 Å². The molecule has 1 aromatic rings. The molecular formula is C14H18N4O. The lowest BCUT2D eigenvalue weighted by atomic mass is 10.1. The molecule has 1 amide bonds. The van der Waals surface area contributed by atoms with Gasteiger partial charge in [-0.25, -0.2) is 4.98 Å². The second-order valence-electron chi connectivity index (χ2n) is 5.87. The fourth-order valence-electron chi connectivity index (χ4n) is 3.47. The SMILES string of the molecule is O=C1C[C@@H]2[C@H](CCN2c2cnccn2)N1CC1CC1. The summed E-state index contributed by atoms with van der Waals surface area (Å²) < 4.78 is 0. The van der Waals surface area contributed by atoms with Crippen LogP contribution in [0.3, 0.4) is 0 Å². The average Bonchev–Trinajstić information content (AvgIpc) is 3.09. The number of carbonyl (C=O) groups excluding carboxylic acids is 1. The van der Waals surface area contributed by atoms with E-state index >= 15 is 0 Å². The van der Waals surface area contributed by atoms with Crippen LogP contribution in [0, 0.1) is 5.92 Å². The summed E-state index contributed by atoms with van der Waals surface area (Å²) in [6.45, 7) is 1.97. The van der Waals surface area contributed by atoms with Gasteiger partial charge >= 0.3 is 0 Å². The van der Waals surface area contributed by atoms with Gasteiger partial charge < -0.3 is 9.80 Å². The van der Waals surface area contributed by atoms with E-state index in [-0.39, 0.29) is 0 Å². The van der Waals surface area contributed by atoms with Crippen molar-refractivity contribution in [3.8, 4) is 0 Å². The third kappa shape index (κ3) is 1.88. The predicted molar refractivity (Wildman–Crippen MR) is 70.6 cm³/mol. The zero-order chi connectivity index (χ0) is 12.8. The molecule has 5 heteroatoms. The summed E-state index contributed by atoms with van der Waals surface area (Å²) in [7, 11) is 0. The normalized spacial score (nSPS) is 30.0. The van der Waals surface area contributed by atoms with Gasteiger partial charge in [-0.1, -0.05) is 0 Å². The van der Waals surface area contributed by atoms with E-state index < -0.39 is 0 Å². The largest absolute Gasteiger partial charge is 0.350 e. The number of carbonyl (C=O) groups is 1. The van der Waals surface area contributed by atoms with Crippen molar-refractivity contribution in [1.29, 1.82) is 0 Å². The van der Waals surface area contributed by atoms with Crippen LogP contribution in [-0.4, -0.2) is 45.9 Å². The molecule has 1 aromatic heterocycles. The molecular weight excluding hydrogens is 240 g/mol. The second-order valence-corrected chi connectivity index (χ2v) is 5.87. The minimum absolute atomic E-state index is 0.308. The number of likely N-dealkylation sites (tertiary alicyclic amines) is 1. The fourth-order valence-corrected chi connectivity index (χ4v) is 3.47. The van der Waals surface area contributed by atoms with Gasteiger partial charge in [0.15, 0.2) is 0 Å². The molecule has 2 aliphatic heterocycles. The molecule has 2 saturated heterocycles. The first-order valence-corrected chi connectivity index (χ1v) is 7.15. The van der Waals surface area contributed by atoms with Crippen molar-refractivity contribution < 1.29 is 4.79 Å². The zero-order valence-electron chi connectivity index (χ0n) is 10.9. The van der Waals surface area contributed by atoms with E-state index in [0.717, 1.165) is 31.2 Å². The number of rotatable bonds is 3. The van der Waals surface area contributed by atoms with Crippen LogP contribution in [0.25, 0.3) is 0 Å². The highest BCUT2D eigenvalue weighted by Gasteiger charge is 2.48. The lowest BCUT2D eigenvalue weighted by molar-refractivity contribution is -0.129. The van der Waals surface area contributed by atoms with Gasteiger partial charge in [-0.15, -0.1) is 0 Å². The Morgan fingerprint density at radius 2 is 2.11 bits per heavy atom. The Morgan fingerprint density at radius 1 is 1.21 bits per heavy atom. The number of fused-ring (bicyclic) bond motifs is 1. The van der Waals surface area contributed by atoms with E-state index in [1.54, 1.807) is 18.6 Å². The van der Waals surface area contributed by atoms with Gasteiger partial charge in [-0.2, -0.15) is 0 Å². The number of hydrogen-bond donors (Lipinski definition) is 0. The zero-order valence-corrected chi connectivity index (χ0v) is 10.9. The third-order valence-electron chi connectivity index (χ3n) is 4.61. The Labute approximate surface area is 112 Å². The lowest BCUT2D eigenvalue weighted by Crippen LogP contribution is -2.38. The summed E-state index contributed by atoms with van der Waals surface area (Å²) >= 11 is 0. The molecule has 4 rings (SSSR count). The molecule has 2 atom stereocenters. The number of aromatic nitrogens is 2. The lowest BCUT2D eigenvalue weighted by Gasteiger charge is -2.25. The molecule has 3 heterocycles. The molecule has 0 unspecified atom stereocenters. The molecule has 19 heavy (non-hydrogen) atoms. The van der Waals surface area contributed by atoms with E-state index in [1.165, 1.54) is 12.8 Å². The molecule has 1 saturated carbocycles. The van der Waals surface area contributed by atoms with Crippen LogP contribution in [0.5, 0.6) is 0 Å². The average molecular weight is 258 g/mol. The summed E-state index contributed by atoms with van der Waals surface area (Å²) in [6.07, 6.45) is 9.53. The van der Waals surface area contributed by atoms with E-state index in [4.69, 9.17) is 0 Å². The van der Waals surface area contributed by atoms with Crippen molar-refractivity contribution in [3.05, 3.63) is 18.6 Å². The molecule has 0 spiro atoms. The van der Waals surface area contributed by atoms with Crippen LogP contribution in [-0.2, 0) is 4.79 Å². The quantitative estimate of drug-likeness (QED) is 0.813. The molecule has 0 bridgehead atoms. The van der Waals surface area contributed by atoms with E-state index in [1.807, 2.05) is 0 Å². The van der Waals surface area contributed by atoms with E-state index in [9.17, 15) is 4.79 Å². The van der Waals surface area contributed by atoms with Crippen molar-refractivity contribution in [2.75, 3.05) is 18.0 Å². The van der Waals surface area contributed by atoms with Gasteiger partial charge in [-0.3, -0.25) is 9.78 Å². The summed E-state index contributed by atoms with van der Waals surface area (Å²) in [5, 5.41) is 0. The van der Waals surface area contributed by atoms with Crippen LogP contribution in [0.1, 0.15) is 25.7 Å². The van der Waals surface area contributed by atoms with E-state index in [2.05, 4.69) is 19.8 Å². The van der Waals surface area contributed by atoms with Crippen molar-refractivity contribution in [2.45, 2.75) is 37.8 Å². The van der Waals surface area contributed by atoms with Gasteiger partial charge in [0.25, 0.3) is 0 Å². The Bertz CT molecular complexity index is 487. The maximum absolute atomic E-state index is 12.2. The van der Waals surface area contributed by atoms with Crippen LogP contribution in [0.15, 0.2) is 18.6 Å². The molecule has 1 aliphatic carbocycles. The summed E-state index contributed by atoms with van der Waals surface area (Å²) in [5.41, 5.74) is 0. The fraction of sp³-hybridized carbons (Fsp3) is 0.643. The maximum Gasteiger partial charge on any atom is 0.225 e. The Kier molecular flexibility index (Phi) is 2.47. The van der Waals surface area contributed by atoms with Crippen molar-refractivity contribution in [3.63, 3.8) is 0 Å². The highest BCUT2D eigenvalue weighted by atomic mass is 16.2. The van der Waals surface area contributed by atoms with Crippen LogP contribution in [0.4, 0.5) is 5.82 Å². The van der Waals surface area contributed by atoms with E-state index in [0.29, 0.717) is 24.4 Å². The highest BCUT2D eigenvalue weighted by molar-refractivity contribution is 5.81. The Hall–Kier alpha value is -1.65. The van der Waals surface area contributed by atoms with Crippen molar-refractivity contribution in [1.82, 2.24) is 14.9 Å². The number of hydrogen-bond acceptors (Lipinski definition) is 4. The van der Waals surface area contributed by atoms with Gasteiger partial charge in [0, 0.05) is 31.9 Å². The van der Waals surface area contributed by atoms with Crippen molar-refractivity contribution >= 4 is 11.7 Å². The van der Waals surface area contributed by atoms with Gasteiger partial charge in [-0.05, 0) is 25.2 Å². The molecule has 5 nitrogen and oxygen atoms in total. The number of nitrogens with zero attached hydrogens (tertiary/aromatic N) is 4. The van der Waals surface area contributed by atoms with Gasteiger partial charge in [0.05, 0.1) is 18.3 Å². The summed E-state index contributed by atoms with van der Waals surface area (Å²) in [4.78, 5) is 25.1. The Balaban J connectivity index is 1.55. The van der Waals surface area contributed by atoms with Gasteiger partial charge in [0.1, 0.15) is 5.82 Å². The molecule has 0 N–H and O–H groups in total. The number of amides is 1. The maximum atomic E-state index is 12.2. The minimum atomic E-state index is 0.308. The number of anilines is 1. The summed E-state index contributed by atoms with van der Waals surface area (Å²) in [6, 6.07) is 0.707. The first-order chi connectivity index (χ1) is 9.33. The topological polar surface area (TPSA) is 49.3 Å². The third-order valence-corrected chi connectivity index (χ3v) is 4.61. The monoisotopic (exact) mass is 258 g/mol. The van der Waals surface area contributed by atoms with Crippen LogP contribution < -0.4 is 4.90 Å². The highest BCUT2D eigenvalue weighted by Crippen LogP contribution is 2.38. The van der Waals surface area contributed by atoms with Gasteiger partial charge in [0.2, 0.25) is 5.91 Å². The standard InChI is InChI=1S/C14H18N4O/c19-14-7-12-11(18(14)9-10-1-2-10)3-6-17(12)13-8-15-4-5-16-13/h4-5,8,10-12H,1-3,6-7,9H2/t11-,12+/m0/s1. The Morgan fingerprint density at radius 3 is 2.84 bits per heavy atom. The first kappa shape index (κ1) is 11.2. The molecule has 100 valence electrons. The predicted octanol–water partition coefficient (Wildman–Crippen LogP) is 1.07. The second kappa shape index (κ2) is 4.18. The molecule has 3 aliphatic rings. The minimum Gasteiger partial charge on any atom is -0.350 e. The molecule has 3 fully saturated rings. The smallest absolute Gasteiger partial charge is 0.225 e. The molecule has 0 aromatic carbocycles. The molecule has 0 radical (unpaired) electrons.